The van der Waals surface area contributed by atoms with E-state index >= 15 is 0 Å². The Morgan fingerprint density at radius 3 is 2.58 bits per heavy atom. The van der Waals surface area contributed by atoms with Gasteiger partial charge in [-0.2, -0.15) is 0 Å². The highest BCUT2D eigenvalue weighted by molar-refractivity contribution is 5.93. The summed E-state index contributed by atoms with van der Waals surface area (Å²) in [5.74, 6) is 0.206. The molecule has 0 aliphatic carbocycles. The lowest BCUT2D eigenvalue weighted by atomic mass is 9.96. The quantitative estimate of drug-likeness (QED) is 0.898. The van der Waals surface area contributed by atoms with E-state index in [1.165, 1.54) is 11.6 Å². The fraction of sp³-hybridized carbons (Fsp3) is 0.429. The summed E-state index contributed by atoms with van der Waals surface area (Å²) in [6, 6.07) is 12.0. The molecule has 1 amide bonds. The second-order valence-corrected chi connectivity index (χ2v) is 7.22. The first kappa shape index (κ1) is 18.4. The van der Waals surface area contributed by atoms with Gasteiger partial charge in [-0.25, -0.2) is 0 Å². The van der Waals surface area contributed by atoms with Crippen LogP contribution in [0.2, 0.25) is 0 Å². The number of aryl methyl sites for hydroxylation is 2. The molecule has 0 atom stereocenters. The summed E-state index contributed by atoms with van der Waals surface area (Å²) in [6.07, 6.45) is 3.76. The minimum absolute atomic E-state index is 0.212. The number of piperidine rings is 1. The highest BCUT2D eigenvalue weighted by Crippen LogP contribution is 2.18. The fourth-order valence-electron chi connectivity index (χ4n) is 3.42. The summed E-state index contributed by atoms with van der Waals surface area (Å²) in [5.41, 5.74) is 2.20. The van der Waals surface area contributed by atoms with Gasteiger partial charge in [0.15, 0.2) is 5.43 Å². The number of benzene rings is 1. The van der Waals surface area contributed by atoms with Crippen molar-refractivity contribution in [1.29, 1.82) is 0 Å². The molecule has 1 saturated heterocycles. The lowest BCUT2D eigenvalue weighted by molar-refractivity contribution is 0.0933. The standard InChI is InChI=1S/C21H27N3O2/c1-16-12-20(25)19(15-23(16)2)21(26)22-13-17-8-10-24(11-9-17)14-18-6-4-3-5-7-18/h3-7,12,15,17H,8-11,13-14H2,1-2H3,(H,22,26). The van der Waals surface area contributed by atoms with Crippen LogP contribution in [0.1, 0.15) is 34.5 Å². The highest BCUT2D eigenvalue weighted by Gasteiger charge is 2.20. The van der Waals surface area contributed by atoms with Crippen molar-refractivity contribution in [3.05, 3.63) is 69.6 Å². The summed E-state index contributed by atoms with van der Waals surface area (Å²) < 4.78 is 1.80. The zero-order chi connectivity index (χ0) is 18.5. The van der Waals surface area contributed by atoms with Gasteiger partial charge in [-0.1, -0.05) is 30.3 Å². The first-order valence-electron chi connectivity index (χ1n) is 9.24. The van der Waals surface area contributed by atoms with E-state index in [4.69, 9.17) is 0 Å². The SMILES string of the molecule is Cc1cc(=O)c(C(=O)NCC2CCN(Cc3ccccc3)CC2)cn1C. The van der Waals surface area contributed by atoms with Crippen LogP contribution in [0, 0.1) is 12.8 Å². The van der Waals surface area contributed by atoms with Crippen LogP contribution in [-0.4, -0.2) is 35.0 Å². The smallest absolute Gasteiger partial charge is 0.256 e. The van der Waals surface area contributed by atoms with Gasteiger partial charge in [0.25, 0.3) is 5.91 Å². The zero-order valence-electron chi connectivity index (χ0n) is 15.6. The third kappa shape index (κ3) is 4.61. The molecule has 0 radical (unpaired) electrons. The monoisotopic (exact) mass is 353 g/mol. The second kappa shape index (κ2) is 8.32. The molecule has 2 heterocycles. The van der Waals surface area contributed by atoms with Gasteiger partial charge in [0.1, 0.15) is 5.56 Å². The fourth-order valence-corrected chi connectivity index (χ4v) is 3.42. The summed E-state index contributed by atoms with van der Waals surface area (Å²) in [4.78, 5) is 26.8. The Hall–Kier alpha value is -2.40. The lowest BCUT2D eigenvalue weighted by Crippen LogP contribution is -2.39. The van der Waals surface area contributed by atoms with Crippen molar-refractivity contribution in [1.82, 2.24) is 14.8 Å². The number of pyridine rings is 1. The Labute approximate surface area is 154 Å². The van der Waals surface area contributed by atoms with E-state index in [0.717, 1.165) is 38.2 Å². The van der Waals surface area contributed by atoms with E-state index in [-0.39, 0.29) is 16.9 Å². The Balaban J connectivity index is 1.47. The molecule has 5 heteroatoms. The Morgan fingerprint density at radius 2 is 1.88 bits per heavy atom. The maximum Gasteiger partial charge on any atom is 0.256 e. The van der Waals surface area contributed by atoms with Gasteiger partial charge < -0.3 is 9.88 Å². The molecule has 1 fully saturated rings. The molecule has 1 aliphatic rings. The summed E-state index contributed by atoms with van der Waals surface area (Å²) in [6.45, 7) is 5.56. The van der Waals surface area contributed by atoms with Crippen LogP contribution < -0.4 is 10.7 Å². The third-order valence-electron chi connectivity index (χ3n) is 5.24. The van der Waals surface area contributed by atoms with Gasteiger partial charge >= 0.3 is 0 Å². The van der Waals surface area contributed by atoms with Crippen LogP contribution in [-0.2, 0) is 13.6 Å². The van der Waals surface area contributed by atoms with Crippen LogP contribution in [0.25, 0.3) is 0 Å². The molecular weight excluding hydrogens is 326 g/mol. The molecule has 138 valence electrons. The third-order valence-corrected chi connectivity index (χ3v) is 5.24. The molecule has 2 aromatic rings. The van der Waals surface area contributed by atoms with Crippen LogP contribution in [0.15, 0.2) is 47.4 Å². The summed E-state index contributed by atoms with van der Waals surface area (Å²) in [7, 11) is 1.84. The molecular formula is C21H27N3O2. The number of amides is 1. The van der Waals surface area contributed by atoms with Crippen LogP contribution in [0.3, 0.4) is 0 Å². The largest absolute Gasteiger partial charge is 0.354 e. The number of rotatable bonds is 5. The van der Waals surface area contributed by atoms with Crippen molar-refractivity contribution in [3.63, 3.8) is 0 Å². The molecule has 1 N–H and O–H groups in total. The van der Waals surface area contributed by atoms with Gasteiger partial charge in [0.2, 0.25) is 0 Å². The Kier molecular flexibility index (Phi) is 5.89. The number of hydrogen-bond donors (Lipinski definition) is 1. The molecule has 0 unspecified atom stereocenters. The number of likely N-dealkylation sites (tertiary alicyclic amines) is 1. The molecule has 1 aliphatic heterocycles. The lowest BCUT2D eigenvalue weighted by Gasteiger charge is -2.32. The van der Waals surface area contributed by atoms with Crippen LogP contribution in [0.5, 0.6) is 0 Å². The van der Waals surface area contributed by atoms with E-state index in [2.05, 4.69) is 34.5 Å². The summed E-state index contributed by atoms with van der Waals surface area (Å²) in [5, 5.41) is 2.95. The predicted molar refractivity (Wildman–Crippen MR) is 103 cm³/mol. The van der Waals surface area contributed by atoms with Crippen molar-refractivity contribution in [3.8, 4) is 0 Å². The molecule has 0 saturated carbocycles. The van der Waals surface area contributed by atoms with Crippen molar-refractivity contribution < 1.29 is 4.79 Å². The minimum atomic E-state index is -0.266. The summed E-state index contributed by atoms with van der Waals surface area (Å²) >= 11 is 0. The maximum absolute atomic E-state index is 12.3. The molecule has 26 heavy (non-hydrogen) atoms. The van der Waals surface area contributed by atoms with Crippen molar-refractivity contribution in [2.24, 2.45) is 13.0 Å². The van der Waals surface area contributed by atoms with E-state index in [9.17, 15) is 9.59 Å². The van der Waals surface area contributed by atoms with E-state index in [1.807, 2.05) is 20.0 Å². The Morgan fingerprint density at radius 1 is 1.19 bits per heavy atom. The number of hydrogen-bond acceptors (Lipinski definition) is 3. The second-order valence-electron chi connectivity index (χ2n) is 7.22. The van der Waals surface area contributed by atoms with Gasteiger partial charge in [-0.05, 0) is 44.3 Å². The van der Waals surface area contributed by atoms with Gasteiger partial charge in [-0.3, -0.25) is 14.5 Å². The minimum Gasteiger partial charge on any atom is -0.354 e. The maximum atomic E-state index is 12.3. The van der Waals surface area contributed by atoms with E-state index in [0.29, 0.717) is 12.5 Å². The average Bonchev–Trinajstić information content (AvgIpc) is 2.65. The van der Waals surface area contributed by atoms with E-state index < -0.39 is 0 Å². The molecule has 0 spiro atoms. The Bertz CT molecular complexity index is 806. The number of nitrogens with one attached hydrogen (secondary N) is 1. The number of carbonyl (C=O) groups excluding carboxylic acids is 1. The number of aromatic nitrogens is 1. The van der Waals surface area contributed by atoms with Gasteiger partial charge in [0, 0.05) is 38.1 Å². The normalized spacial score (nSPS) is 15.8. The average molecular weight is 353 g/mol. The molecule has 1 aromatic heterocycles. The zero-order valence-corrected chi connectivity index (χ0v) is 15.6. The first-order valence-corrected chi connectivity index (χ1v) is 9.24. The van der Waals surface area contributed by atoms with Crippen molar-refractivity contribution in [2.45, 2.75) is 26.3 Å². The molecule has 1 aromatic carbocycles. The highest BCUT2D eigenvalue weighted by atomic mass is 16.2. The van der Waals surface area contributed by atoms with Crippen molar-refractivity contribution >= 4 is 5.91 Å². The number of carbonyl (C=O) groups is 1. The first-order chi connectivity index (χ1) is 12.5. The van der Waals surface area contributed by atoms with Gasteiger partial charge in [-0.15, -0.1) is 0 Å². The van der Waals surface area contributed by atoms with Crippen molar-refractivity contribution in [2.75, 3.05) is 19.6 Å². The van der Waals surface area contributed by atoms with Gasteiger partial charge in [0.05, 0.1) is 0 Å². The number of nitrogens with zero attached hydrogens (tertiary/aromatic N) is 2. The topological polar surface area (TPSA) is 54.3 Å². The van der Waals surface area contributed by atoms with Crippen LogP contribution >= 0.6 is 0 Å². The molecule has 0 bridgehead atoms. The molecule has 3 rings (SSSR count). The molecule has 5 nitrogen and oxygen atoms in total. The van der Waals surface area contributed by atoms with E-state index in [1.54, 1.807) is 10.8 Å². The van der Waals surface area contributed by atoms with Crippen LogP contribution in [0.4, 0.5) is 0 Å². The predicted octanol–water partition coefficient (Wildman–Crippen LogP) is 2.34.